The number of hydrogen-bond acceptors (Lipinski definition) is 6. The van der Waals surface area contributed by atoms with Crippen molar-refractivity contribution in [2.75, 3.05) is 0 Å². The van der Waals surface area contributed by atoms with Gasteiger partial charge in [-0.05, 0) is 42.7 Å². The quantitative estimate of drug-likeness (QED) is 0.408. The van der Waals surface area contributed by atoms with Crippen molar-refractivity contribution in [2.45, 2.75) is 32.2 Å². The maximum atomic E-state index is 12.7. The summed E-state index contributed by atoms with van der Waals surface area (Å²) in [4.78, 5) is 18.9. The molecule has 132 valence electrons. The minimum absolute atomic E-state index is 0.246. The zero-order chi connectivity index (χ0) is 18.1. The van der Waals surface area contributed by atoms with Crippen LogP contribution in [0.15, 0.2) is 40.0 Å². The fourth-order valence-electron chi connectivity index (χ4n) is 3.41. The largest absolute Gasteiger partial charge is 0.867 e. The third-order valence-electron chi connectivity index (χ3n) is 4.65. The molecule has 1 aliphatic carbocycles. The van der Waals surface area contributed by atoms with Crippen LogP contribution in [0.4, 0.5) is 5.69 Å². The number of benzene rings is 1. The van der Waals surface area contributed by atoms with E-state index in [0.717, 1.165) is 42.6 Å². The molecule has 0 aliphatic heterocycles. The molecule has 0 bridgehead atoms. The van der Waals surface area contributed by atoms with Crippen LogP contribution in [-0.2, 0) is 19.4 Å². The van der Waals surface area contributed by atoms with Crippen LogP contribution in [0.25, 0.3) is 11.0 Å². The van der Waals surface area contributed by atoms with Crippen LogP contribution in [0.1, 0.15) is 35.3 Å². The monoisotopic (exact) mass is 350 g/mol. The van der Waals surface area contributed by atoms with Crippen molar-refractivity contribution >= 4 is 22.9 Å². The van der Waals surface area contributed by atoms with Crippen molar-refractivity contribution in [1.29, 1.82) is 0 Å². The van der Waals surface area contributed by atoms with Crippen LogP contribution in [0.2, 0.25) is 0 Å². The van der Waals surface area contributed by atoms with Gasteiger partial charge in [0.15, 0.2) is 0 Å². The summed E-state index contributed by atoms with van der Waals surface area (Å²) >= 11 is 0. The lowest BCUT2D eigenvalue weighted by Gasteiger charge is -2.14. The number of rotatable bonds is 4. The third kappa shape index (κ3) is 2.81. The molecular weight excluding hydrogens is 334 g/mol. The van der Waals surface area contributed by atoms with Gasteiger partial charge in [-0.2, -0.15) is 0 Å². The first-order valence-electron chi connectivity index (χ1n) is 8.46. The molecule has 7 heteroatoms. The number of fused-ring (bicyclic) bond motifs is 3. The smallest absolute Gasteiger partial charge is 0.266 e. The lowest BCUT2D eigenvalue weighted by molar-refractivity contribution is -0.398. The van der Waals surface area contributed by atoms with Crippen LogP contribution in [0, 0.1) is 10.1 Å². The Balaban J connectivity index is 1.83. The first-order valence-corrected chi connectivity index (χ1v) is 8.46. The van der Waals surface area contributed by atoms with Gasteiger partial charge in [-0.3, -0.25) is 20.1 Å². The highest BCUT2D eigenvalue weighted by Gasteiger charge is 2.23. The van der Waals surface area contributed by atoms with Crippen molar-refractivity contribution in [3.05, 3.63) is 63.2 Å². The Hall–Kier alpha value is -3.22. The molecule has 0 saturated carbocycles. The fraction of sp³-hybridized carbons (Fsp3) is 0.263. The van der Waals surface area contributed by atoms with E-state index in [4.69, 9.17) is 4.42 Å². The van der Waals surface area contributed by atoms with Crippen molar-refractivity contribution in [3.8, 4) is 5.75 Å². The number of nitrogens with zero attached hydrogens (tertiary/aromatic N) is 3. The number of aliphatic imine (C=N–C) groups is 1. The van der Waals surface area contributed by atoms with Crippen molar-refractivity contribution in [2.24, 2.45) is 4.99 Å². The van der Waals surface area contributed by atoms with E-state index in [1.807, 2.05) is 12.1 Å². The summed E-state index contributed by atoms with van der Waals surface area (Å²) in [6.45, 7) is 0.367. The number of nitro groups is 1. The summed E-state index contributed by atoms with van der Waals surface area (Å²) in [5, 5.41) is 24.6. The number of furan rings is 1. The summed E-state index contributed by atoms with van der Waals surface area (Å²) < 4.78 is 5.83. The Bertz CT molecular complexity index is 1010. The highest BCUT2D eigenvalue weighted by molar-refractivity contribution is 6.04. The summed E-state index contributed by atoms with van der Waals surface area (Å²) in [6, 6.07) is 4.91. The second-order valence-corrected chi connectivity index (χ2v) is 6.30. The second-order valence-electron chi connectivity index (χ2n) is 6.30. The van der Waals surface area contributed by atoms with Crippen molar-refractivity contribution in [3.63, 3.8) is 0 Å². The molecule has 0 radical (unpaired) electrons. The molecular formula is C19H16N3O4-. The maximum Gasteiger partial charge on any atom is 0.266 e. The average Bonchev–Trinajstić information content (AvgIpc) is 3.02. The van der Waals surface area contributed by atoms with E-state index in [0.29, 0.717) is 17.5 Å². The highest BCUT2D eigenvalue weighted by Crippen LogP contribution is 2.40. The topological polar surface area (TPSA) is 105 Å². The molecule has 0 amide bonds. The zero-order valence-corrected chi connectivity index (χ0v) is 14.0. The van der Waals surface area contributed by atoms with Gasteiger partial charge in [0.05, 0.1) is 17.5 Å². The number of aromatic nitrogens is 1. The maximum absolute atomic E-state index is 12.7. The number of aryl methyl sites for hydroxylation is 2. The van der Waals surface area contributed by atoms with Crippen molar-refractivity contribution < 1.29 is 14.4 Å². The van der Waals surface area contributed by atoms with E-state index >= 15 is 0 Å². The summed E-state index contributed by atoms with van der Waals surface area (Å²) in [6.07, 6.45) is 8.42. The Kier molecular flexibility index (Phi) is 4.12. The van der Waals surface area contributed by atoms with Gasteiger partial charge in [-0.1, -0.05) is 0 Å². The predicted molar refractivity (Wildman–Crippen MR) is 94.5 cm³/mol. The van der Waals surface area contributed by atoms with Gasteiger partial charge in [0.2, 0.25) is 0 Å². The number of hydrogen-bond donors (Lipinski definition) is 0. The Morgan fingerprint density at radius 3 is 2.81 bits per heavy atom. The van der Waals surface area contributed by atoms with Crippen LogP contribution in [0.5, 0.6) is 5.75 Å². The van der Waals surface area contributed by atoms with E-state index in [2.05, 4.69) is 9.98 Å². The number of pyridine rings is 1. The molecule has 0 spiro atoms. The first-order chi connectivity index (χ1) is 12.6. The molecule has 3 aromatic rings. The van der Waals surface area contributed by atoms with E-state index in [1.54, 1.807) is 12.4 Å². The van der Waals surface area contributed by atoms with Gasteiger partial charge in [0.1, 0.15) is 11.3 Å². The summed E-state index contributed by atoms with van der Waals surface area (Å²) in [5.74, 6) is 0.213. The molecule has 1 aliphatic rings. The molecule has 0 atom stereocenters. The van der Waals surface area contributed by atoms with Gasteiger partial charge in [0.25, 0.3) is 5.69 Å². The molecule has 2 heterocycles. The van der Waals surface area contributed by atoms with Gasteiger partial charge < -0.3 is 9.52 Å². The van der Waals surface area contributed by atoms with E-state index < -0.39 is 16.4 Å². The van der Waals surface area contributed by atoms with Gasteiger partial charge in [-0.15, -0.1) is 0 Å². The van der Waals surface area contributed by atoms with E-state index in [9.17, 15) is 15.2 Å². The molecule has 0 N–H and O–H groups in total. The SMILES string of the molecule is O=[N+]([O-])c1cc2oc3c(c2c(C=NCc2ccncc2)c1[O-])CCCC3. The first kappa shape index (κ1) is 16.3. The Morgan fingerprint density at radius 1 is 1.27 bits per heavy atom. The lowest BCUT2D eigenvalue weighted by Crippen LogP contribution is -2.04. The van der Waals surface area contributed by atoms with E-state index in [-0.39, 0.29) is 5.56 Å². The van der Waals surface area contributed by atoms with Gasteiger partial charge in [-0.25, -0.2) is 0 Å². The standard InChI is InChI=1S/C19H17N3O4/c23-19-14(11-21-10-12-5-7-20-8-6-12)18-13-3-1-2-4-16(13)26-17(18)9-15(19)22(24)25/h5-9,11,23H,1-4,10H2/p-1. The van der Waals surface area contributed by atoms with Crippen LogP contribution in [-0.4, -0.2) is 16.1 Å². The predicted octanol–water partition coefficient (Wildman–Crippen LogP) is 3.31. The minimum atomic E-state index is -0.663. The average molecular weight is 350 g/mol. The van der Waals surface area contributed by atoms with Gasteiger partial charge in [0, 0.05) is 41.5 Å². The molecule has 4 rings (SSSR count). The highest BCUT2D eigenvalue weighted by atomic mass is 16.6. The van der Waals surface area contributed by atoms with E-state index in [1.165, 1.54) is 12.3 Å². The molecule has 2 aromatic heterocycles. The Morgan fingerprint density at radius 2 is 2.04 bits per heavy atom. The van der Waals surface area contributed by atoms with Gasteiger partial charge >= 0.3 is 0 Å². The minimum Gasteiger partial charge on any atom is -0.867 e. The summed E-state index contributed by atoms with van der Waals surface area (Å²) in [5.41, 5.74) is 2.10. The third-order valence-corrected chi connectivity index (χ3v) is 4.65. The van der Waals surface area contributed by atoms with Crippen LogP contribution >= 0.6 is 0 Å². The molecule has 7 nitrogen and oxygen atoms in total. The normalized spacial score (nSPS) is 14.0. The molecule has 1 aromatic carbocycles. The summed E-state index contributed by atoms with van der Waals surface area (Å²) in [7, 11) is 0. The van der Waals surface area contributed by atoms with Crippen molar-refractivity contribution in [1.82, 2.24) is 4.98 Å². The Labute approximate surface area is 149 Å². The fourth-order valence-corrected chi connectivity index (χ4v) is 3.41. The van der Waals surface area contributed by atoms with Crippen LogP contribution in [0.3, 0.4) is 0 Å². The zero-order valence-electron chi connectivity index (χ0n) is 14.0. The number of nitro benzene ring substituents is 1. The van der Waals surface area contributed by atoms with Crippen LogP contribution < -0.4 is 5.11 Å². The molecule has 26 heavy (non-hydrogen) atoms. The molecule has 0 fully saturated rings. The molecule has 0 unspecified atom stereocenters. The second kappa shape index (κ2) is 6.59. The lowest BCUT2D eigenvalue weighted by atomic mass is 9.93. The molecule has 0 saturated heterocycles.